The molecule has 2 rings (SSSR count). The Balaban J connectivity index is 3.00. The number of hydrogen-bond donors (Lipinski definition) is 1. The Kier molecular flexibility index (Phi) is 3.66. The van der Waals surface area contributed by atoms with Crippen LogP contribution in [0.3, 0.4) is 0 Å². The summed E-state index contributed by atoms with van der Waals surface area (Å²) in [5, 5.41) is 0. The van der Waals surface area contributed by atoms with Gasteiger partial charge >= 0.3 is 11.9 Å². The summed E-state index contributed by atoms with van der Waals surface area (Å²) in [6, 6.07) is 0. The second kappa shape index (κ2) is 5.02. The number of aromatic nitrogens is 4. The van der Waals surface area contributed by atoms with Crippen LogP contribution in [0.4, 0.5) is 13.2 Å². The van der Waals surface area contributed by atoms with Gasteiger partial charge in [-0.2, -0.15) is 13.2 Å². The number of rotatable bonds is 3. The van der Waals surface area contributed by atoms with Crippen LogP contribution in [-0.4, -0.2) is 25.2 Å². The van der Waals surface area contributed by atoms with E-state index in [0.717, 1.165) is 16.2 Å². The monoisotopic (exact) mass is 305 g/mol. The zero-order valence-corrected chi connectivity index (χ0v) is 11.4. The summed E-state index contributed by atoms with van der Waals surface area (Å²) in [7, 11) is 1.09. The molecule has 0 saturated carbocycles. The molecule has 0 saturated heterocycles. The van der Waals surface area contributed by atoms with Crippen LogP contribution in [0.15, 0.2) is 9.59 Å². The third-order valence-electron chi connectivity index (χ3n) is 3.16. The molecule has 7 nitrogen and oxygen atoms in total. The van der Waals surface area contributed by atoms with Crippen molar-refractivity contribution in [1.82, 2.24) is 18.7 Å². The molecular weight excluding hydrogens is 291 g/mol. The first-order chi connectivity index (χ1) is 9.73. The van der Waals surface area contributed by atoms with Gasteiger partial charge in [-0.1, -0.05) is 0 Å². The molecule has 21 heavy (non-hydrogen) atoms. The highest BCUT2D eigenvalue weighted by atomic mass is 19.4. The summed E-state index contributed by atoms with van der Waals surface area (Å²) in [5.41, 5.74) is 3.26. The number of nitrogens with zero attached hydrogens (tertiary/aromatic N) is 4. The van der Waals surface area contributed by atoms with Gasteiger partial charge in [0.05, 0.1) is 0 Å². The molecule has 0 aliphatic heterocycles. The van der Waals surface area contributed by atoms with E-state index < -0.39 is 23.2 Å². The predicted molar refractivity (Wildman–Crippen MR) is 69.0 cm³/mol. The van der Waals surface area contributed by atoms with Crippen molar-refractivity contribution in [3.63, 3.8) is 0 Å². The van der Waals surface area contributed by atoms with E-state index in [-0.39, 0.29) is 30.8 Å². The van der Waals surface area contributed by atoms with E-state index in [0.29, 0.717) is 4.57 Å². The lowest BCUT2D eigenvalue weighted by molar-refractivity contribution is -0.146. The SMILES string of the molecule is CCn1c(=O)n(CCN)c(=O)c2c1nc(C(F)(F)F)n2C. The van der Waals surface area contributed by atoms with Crippen LogP contribution in [-0.2, 0) is 26.3 Å². The van der Waals surface area contributed by atoms with E-state index in [1.807, 2.05) is 0 Å². The topological polar surface area (TPSA) is 87.8 Å². The van der Waals surface area contributed by atoms with E-state index in [2.05, 4.69) is 4.98 Å². The van der Waals surface area contributed by atoms with Crippen molar-refractivity contribution in [2.45, 2.75) is 26.2 Å². The molecule has 0 amide bonds. The Morgan fingerprint density at radius 1 is 1.24 bits per heavy atom. The highest BCUT2D eigenvalue weighted by Gasteiger charge is 2.38. The maximum atomic E-state index is 12.9. The van der Waals surface area contributed by atoms with Gasteiger partial charge < -0.3 is 10.3 Å². The van der Waals surface area contributed by atoms with Gasteiger partial charge in [-0.05, 0) is 6.92 Å². The fourth-order valence-electron chi connectivity index (χ4n) is 2.23. The normalized spacial score (nSPS) is 12.3. The smallest absolute Gasteiger partial charge is 0.329 e. The zero-order valence-electron chi connectivity index (χ0n) is 11.4. The van der Waals surface area contributed by atoms with Crippen molar-refractivity contribution in [3.8, 4) is 0 Å². The van der Waals surface area contributed by atoms with E-state index >= 15 is 0 Å². The molecule has 0 aromatic carbocycles. The Morgan fingerprint density at radius 2 is 1.86 bits per heavy atom. The van der Waals surface area contributed by atoms with Crippen LogP contribution < -0.4 is 17.0 Å². The lowest BCUT2D eigenvalue weighted by Crippen LogP contribution is -2.41. The summed E-state index contributed by atoms with van der Waals surface area (Å²) < 4.78 is 41.2. The van der Waals surface area contributed by atoms with Gasteiger partial charge in [-0.25, -0.2) is 9.78 Å². The van der Waals surface area contributed by atoms with Crippen LogP contribution in [0.2, 0.25) is 0 Å². The van der Waals surface area contributed by atoms with Gasteiger partial charge in [-0.15, -0.1) is 0 Å². The summed E-state index contributed by atoms with van der Waals surface area (Å²) in [6.07, 6.45) is -4.71. The van der Waals surface area contributed by atoms with Gasteiger partial charge in [0.1, 0.15) is 0 Å². The van der Waals surface area contributed by atoms with E-state index in [1.54, 1.807) is 6.92 Å². The highest BCUT2D eigenvalue weighted by Crippen LogP contribution is 2.29. The molecule has 2 heterocycles. The molecule has 0 aliphatic rings. The van der Waals surface area contributed by atoms with Crippen molar-refractivity contribution in [2.24, 2.45) is 12.8 Å². The summed E-state index contributed by atoms with van der Waals surface area (Å²) in [5.74, 6) is -1.22. The molecule has 0 radical (unpaired) electrons. The molecular formula is C11H14F3N5O2. The van der Waals surface area contributed by atoms with Gasteiger partial charge in [0.2, 0.25) is 5.82 Å². The van der Waals surface area contributed by atoms with E-state index in [4.69, 9.17) is 5.73 Å². The molecule has 2 aromatic rings. The zero-order chi connectivity index (χ0) is 15.9. The minimum atomic E-state index is -4.71. The average Bonchev–Trinajstić information content (AvgIpc) is 2.73. The summed E-state index contributed by atoms with van der Waals surface area (Å²) in [4.78, 5) is 27.8. The summed E-state index contributed by atoms with van der Waals surface area (Å²) in [6.45, 7) is 1.63. The number of nitrogens with two attached hydrogens (primary N) is 1. The fourth-order valence-corrected chi connectivity index (χ4v) is 2.23. The molecule has 0 aliphatic carbocycles. The number of halogens is 3. The Labute approximate surface area is 116 Å². The minimum Gasteiger partial charge on any atom is -0.329 e. The van der Waals surface area contributed by atoms with Crippen molar-refractivity contribution in [2.75, 3.05) is 6.54 Å². The maximum Gasteiger partial charge on any atom is 0.449 e. The molecule has 2 N–H and O–H groups in total. The number of fused-ring (bicyclic) bond motifs is 1. The second-order valence-electron chi connectivity index (χ2n) is 4.44. The van der Waals surface area contributed by atoms with Crippen molar-refractivity contribution in [1.29, 1.82) is 0 Å². The first-order valence-electron chi connectivity index (χ1n) is 6.21. The van der Waals surface area contributed by atoms with Crippen LogP contribution >= 0.6 is 0 Å². The Hall–Kier alpha value is -2.10. The quantitative estimate of drug-likeness (QED) is 0.857. The minimum absolute atomic E-state index is 0.0222. The fraction of sp³-hybridized carbons (Fsp3) is 0.545. The van der Waals surface area contributed by atoms with Crippen LogP contribution in [0.1, 0.15) is 12.7 Å². The largest absolute Gasteiger partial charge is 0.449 e. The Bertz CT molecular complexity index is 799. The van der Waals surface area contributed by atoms with Crippen molar-refractivity contribution >= 4 is 11.2 Å². The molecule has 0 spiro atoms. The molecule has 0 atom stereocenters. The van der Waals surface area contributed by atoms with E-state index in [1.165, 1.54) is 0 Å². The predicted octanol–water partition coefficient (Wildman–Crippen LogP) is -0.106. The van der Waals surface area contributed by atoms with Gasteiger partial charge in [0, 0.05) is 26.7 Å². The number of hydrogen-bond acceptors (Lipinski definition) is 4. The number of aryl methyl sites for hydroxylation is 2. The molecule has 2 aromatic heterocycles. The van der Waals surface area contributed by atoms with Gasteiger partial charge in [0.15, 0.2) is 11.2 Å². The molecule has 0 bridgehead atoms. The molecule has 0 fully saturated rings. The highest BCUT2D eigenvalue weighted by molar-refractivity contribution is 5.71. The average molecular weight is 305 g/mol. The van der Waals surface area contributed by atoms with Crippen LogP contribution in [0, 0.1) is 0 Å². The second-order valence-corrected chi connectivity index (χ2v) is 4.44. The molecule has 10 heteroatoms. The first kappa shape index (κ1) is 15.3. The third-order valence-corrected chi connectivity index (χ3v) is 3.16. The summed E-state index contributed by atoms with van der Waals surface area (Å²) >= 11 is 0. The first-order valence-corrected chi connectivity index (χ1v) is 6.21. The maximum absolute atomic E-state index is 12.9. The van der Waals surface area contributed by atoms with Crippen LogP contribution in [0.25, 0.3) is 11.2 Å². The number of alkyl halides is 3. The van der Waals surface area contributed by atoms with Crippen molar-refractivity contribution in [3.05, 3.63) is 26.7 Å². The molecule has 116 valence electrons. The number of imidazole rings is 1. The van der Waals surface area contributed by atoms with Crippen molar-refractivity contribution < 1.29 is 13.2 Å². The van der Waals surface area contributed by atoms with Crippen LogP contribution in [0.5, 0.6) is 0 Å². The van der Waals surface area contributed by atoms with E-state index in [9.17, 15) is 22.8 Å². The third kappa shape index (κ3) is 2.24. The molecule has 0 unspecified atom stereocenters. The Morgan fingerprint density at radius 3 is 2.33 bits per heavy atom. The lowest BCUT2D eigenvalue weighted by Gasteiger charge is -2.09. The van der Waals surface area contributed by atoms with Gasteiger partial charge in [-0.3, -0.25) is 13.9 Å². The standard InChI is InChI=1S/C11H14F3N5O2/c1-3-18-7-6(8(20)19(5-4-15)10(18)21)17(2)9(16-7)11(12,13)14/h3-5,15H2,1-2H3. The van der Waals surface area contributed by atoms with Gasteiger partial charge in [0.25, 0.3) is 5.56 Å². The lowest BCUT2D eigenvalue weighted by atomic mass is 10.4.